The molecule has 0 radical (unpaired) electrons. The lowest BCUT2D eigenvalue weighted by Crippen LogP contribution is -2.50. The van der Waals surface area contributed by atoms with Crippen molar-refractivity contribution in [1.29, 1.82) is 5.26 Å². The third-order valence-electron chi connectivity index (χ3n) is 6.86. The number of hydrogen-bond donors (Lipinski definition) is 1. The van der Waals surface area contributed by atoms with Crippen LogP contribution in [-0.2, 0) is 16.1 Å². The summed E-state index contributed by atoms with van der Waals surface area (Å²) in [6.07, 6.45) is -0.151. The van der Waals surface area contributed by atoms with E-state index < -0.39 is 6.09 Å². The standard InChI is InChI=1S/C25H22N6O5/c26-12-15-1-2-16-3-6-23(33)30(18(16)11-15)10-9-29-8-7-17-20(13-29)36-25(34)31(17)21-5-4-19-24(27-21)28-22(32)14-35-19/h1-6,11,17,20H,7-10,13-14H2,(H,27,28,32)/t17-,20+/m0/s1. The van der Waals surface area contributed by atoms with E-state index in [0.29, 0.717) is 49.7 Å². The molecule has 6 rings (SSSR count). The van der Waals surface area contributed by atoms with Crippen molar-refractivity contribution in [2.24, 2.45) is 0 Å². The number of aromatic nitrogens is 2. The molecule has 2 saturated heterocycles. The fraction of sp³-hybridized carbons (Fsp3) is 0.320. The fourth-order valence-corrected chi connectivity index (χ4v) is 5.08. The molecule has 2 fully saturated rings. The molecule has 11 heteroatoms. The summed E-state index contributed by atoms with van der Waals surface area (Å²) in [6.45, 7) is 2.22. The lowest BCUT2D eigenvalue weighted by Gasteiger charge is -2.35. The van der Waals surface area contributed by atoms with Crippen molar-refractivity contribution in [3.63, 3.8) is 0 Å². The van der Waals surface area contributed by atoms with E-state index in [2.05, 4.69) is 21.3 Å². The van der Waals surface area contributed by atoms with Gasteiger partial charge in [-0.15, -0.1) is 0 Å². The maximum atomic E-state index is 12.8. The molecule has 11 nitrogen and oxygen atoms in total. The molecule has 0 aliphatic carbocycles. The fourth-order valence-electron chi connectivity index (χ4n) is 5.08. The van der Waals surface area contributed by atoms with Crippen LogP contribution in [0.4, 0.5) is 16.4 Å². The number of carbonyl (C=O) groups excluding carboxylic acids is 2. The quantitative estimate of drug-likeness (QED) is 0.590. The molecule has 36 heavy (non-hydrogen) atoms. The number of piperidine rings is 1. The number of anilines is 2. The first-order valence-corrected chi connectivity index (χ1v) is 11.7. The zero-order chi connectivity index (χ0) is 24.8. The van der Waals surface area contributed by atoms with Gasteiger partial charge in [0.05, 0.1) is 23.2 Å². The van der Waals surface area contributed by atoms with E-state index >= 15 is 0 Å². The van der Waals surface area contributed by atoms with Crippen LogP contribution in [0.5, 0.6) is 5.75 Å². The highest BCUT2D eigenvalue weighted by Gasteiger charge is 2.46. The van der Waals surface area contributed by atoms with Crippen LogP contribution >= 0.6 is 0 Å². The predicted molar refractivity (Wildman–Crippen MR) is 129 cm³/mol. The van der Waals surface area contributed by atoms with E-state index in [1.165, 1.54) is 6.07 Å². The SMILES string of the molecule is N#Cc1ccc2ccc(=O)n(CCN3CC[C@H]4[C@@H](C3)OC(=O)N4c3ccc4c(n3)NC(=O)CO4)c2c1. The molecule has 3 aromatic rings. The Bertz CT molecular complexity index is 1490. The molecular formula is C25H22N6O5. The maximum Gasteiger partial charge on any atom is 0.416 e. The summed E-state index contributed by atoms with van der Waals surface area (Å²) in [5.41, 5.74) is 1.10. The summed E-state index contributed by atoms with van der Waals surface area (Å²) in [5.74, 6) is 0.859. The minimum atomic E-state index is -0.475. The van der Waals surface area contributed by atoms with Gasteiger partial charge < -0.3 is 19.4 Å². The van der Waals surface area contributed by atoms with Crippen molar-refractivity contribution in [3.8, 4) is 11.8 Å². The second-order valence-corrected chi connectivity index (χ2v) is 9.01. The van der Waals surface area contributed by atoms with Crippen LogP contribution in [0.25, 0.3) is 10.9 Å². The summed E-state index contributed by atoms with van der Waals surface area (Å²) < 4.78 is 12.7. The molecule has 5 heterocycles. The molecule has 2 aromatic heterocycles. The number of pyridine rings is 2. The van der Waals surface area contributed by atoms with Gasteiger partial charge in [0.25, 0.3) is 11.5 Å². The van der Waals surface area contributed by atoms with Crippen molar-refractivity contribution >= 4 is 34.5 Å². The average Bonchev–Trinajstić information content (AvgIpc) is 3.22. The Kier molecular flexibility index (Phi) is 5.30. The summed E-state index contributed by atoms with van der Waals surface area (Å²) in [7, 11) is 0. The van der Waals surface area contributed by atoms with Crippen LogP contribution < -0.4 is 20.5 Å². The Hall–Kier alpha value is -4.43. The monoisotopic (exact) mass is 486 g/mol. The lowest BCUT2D eigenvalue weighted by atomic mass is 10.0. The van der Waals surface area contributed by atoms with Crippen LogP contribution in [0.1, 0.15) is 12.0 Å². The highest BCUT2D eigenvalue weighted by atomic mass is 16.6. The molecule has 1 N–H and O–H groups in total. The van der Waals surface area contributed by atoms with E-state index in [1.807, 2.05) is 6.07 Å². The van der Waals surface area contributed by atoms with Gasteiger partial charge >= 0.3 is 6.09 Å². The Balaban J connectivity index is 1.17. The number of nitriles is 1. The van der Waals surface area contributed by atoms with Gasteiger partial charge in [0.1, 0.15) is 11.9 Å². The van der Waals surface area contributed by atoms with Gasteiger partial charge in [0.2, 0.25) is 0 Å². The molecule has 3 aliphatic heterocycles. The average molecular weight is 486 g/mol. The molecule has 0 unspecified atom stereocenters. The number of rotatable bonds is 4. The van der Waals surface area contributed by atoms with Gasteiger partial charge in [-0.1, -0.05) is 6.07 Å². The number of benzene rings is 1. The van der Waals surface area contributed by atoms with Gasteiger partial charge in [-0.25, -0.2) is 9.78 Å². The topological polar surface area (TPSA) is 130 Å². The minimum Gasteiger partial charge on any atom is -0.480 e. The molecular weight excluding hydrogens is 464 g/mol. The van der Waals surface area contributed by atoms with E-state index in [-0.39, 0.29) is 36.0 Å². The first kappa shape index (κ1) is 22.1. The molecule has 2 atom stereocenters. The van der Waals surface area contributed by atoms with E-state index in [9.17, 15) is 19.6 Å². The van der Waals surface area contributed by atoms with Crippen LogP contribution in [-0.4, -0.2) is 64.8 Å². The molecule has 1 aromatic carbocycles. The number of amides is 2. The predicted octanol–water partition coefficient (Wildman–Crippen LogP) is 1.70. The van der Waals surface area contributed by atoms with Crippen molar-refractivity contribution in [2.45, 2.75) is 25.1 Å². The zero-order valence-corrected chi connectivity index (χ0v) is 19.2. The highest BCUT2D eigenvalue weighted by Crippen LogP contribution is 2.34. The first-order chi connectivity index (χ1) is 17.5. The maximum absolute atomic E-state index is 12.8. The Morgan fingerprint density at radius 1 is 1.11 bits per heavy atom. The highest BCUT2D eigenvalue weighted by molar-refractivity contribution is 5.95. The van der Waals surface area contributed by atoms with Crippen LogP contribution in [0.15, 0.2) is 47.3 Å². The van der Waals surface area contributed by atoms with Gasteiger partial charge in [0, 0.05) is 32.2 Å². The molecule has 3 aliphatic rings. The number of nitrogens with zero attached hydrogens (tertiary/aromatic N) is 5. The number of carbonyl (C=O) groups is 2. The normalized spacial score (nSPS) is 21.2. The van der Waals surface area contributed by atoms with Crippen LogP contribution in [0, 0.1) is 11.3 Å². The van der Waals surface area contributed by atoms with Crippen LogP contribution in [0.2, 0.25) is 0 Å². The van der Waals surface area contributed by atoms with Crippen LogP contribution in [0.3, 0.4) is 0 Å². The third kappa shape index (κ3) is 3.81. The van der Waals surface area contributed by atoms with Gasteiger partial charge in [-0.3, -0.25) is 19.4 Å². The Morgan fingerprint density at radius 3 is 2.83 bits per heavy atom. The molecule has 182 valence electrons. The summed E-state index contributed by atoms with van der Waals surface area (Å²) >= 11 is 0. The molecule has 0 saturated carbocycles. The Labute approximate surface area is 205 Å². The van der Waals surface area contributed by atoms with Gasteiger partial charge in [-0.05, 0) is 42.1 Å². The van der Waals surface area contributed by atoms with Crippen molar-refractivity contribution < 1.29 is 19.1 Å². The second kappa shape index (κ2) is 8.66. The number of fused-ring (bicyclic) bond motifs is 3. The Morgan fingerprint density at radius 2 is 1.97 bits per heavy atom. The number of hydrogen-bond acceptors (Lipinski definition) is 8. The van der Waals surface area contributed by atoms with E-state index in [1.54, 1.807) is 39.8 Å². The molecule has 2 amide bonds. The number of ether oxygens (including phenoxy) is 2. The smallest absolute Gasteiger partial charge is 0.416 e. The lowest BCUT2D eigenvalue weighted by molar-refractivity contribution is -0.118. The van der Waals surface area contributed by atoms with E-state index in [0.717, 1.165) is 10.9 Å². The van der Waals surface area contributed by atoms with E-state index in [4.69, 9.17) is 9.47 Å². The van der Waals surface area contributed by atoms with Crippen molar-refractivity contribution in [2.75, 3.05) is 36.5 Å². The third-order valence-corrected chi connectivity index (χ3v) is 6.86. The molecule has 0 bridgehead atoms. The van der Waals surface area contributed by atoms with Crippen molar-refractivity contribution in [1.82, 2.24) is 14.5 Å². The second-order valence-electron chi connectivity index (χ2n) is 9.01. The summed E-state index contributed by atoms with van der Waals surface area (Å²) in [5, 5.41) is 12.8. The summed E-state index contributed by atoms with van der Waals surface area (Å²) in [4.78, 5) is 45.2. The largest absolute Gasteiger partial charge is 0.480 e. The van der Waals surface area contributed by atoms with Gasteiger partial charge in [0.15, 0.2) is 18.2 Å². The minimum absolute atomic E-state index is 0.0648. The number of nitrogens with one attached hydrogen (secondary N) is 1. The zero-order valence-electron chi connectivity index (χ0n) is 19.2. The summed E-state index contributed by atoms with van der Waals surface area (Å²) in [6, 6.07) is 13.9. The van der Waals surface area contributed by atoms with Gasteiger partial charge in [-0.2, -0.15) is 5.26 Å². The molecule has 0 spiro atoms. The van der Waals surface area contributed by atoms with Crippen molar-refractivity contribution in [3.05, 3.63) is 58.4 Å². The first-order valence-electron chi connectivity index (χ1n) is 11.7. The number of likely N-dealkylation sites (tertiary alicyclic amines) is 1.